The van der Waals surface area contributed by atoms with E-state index >= 15 is 0 Å². The van der Waals surface area contributed by atoms with Crippen molar-refractivity contribution < 1.29 is 13.3 Å². The second-order valence-corrected chi connectivity index (χ2v) is 8.83. The van der Waals surface area contributed by atoms with Gasteiger partial charge in [-0.1, -0.05) is 53.2 Å². The number of halogens is 2. The average molecular weight is 489 g/mol. The van der Waals surface area contributed by atoms with Gasteiger partial charge < -0.3 is 14.7 Å². The molecule has 1 aliphatic rings. The molecule has 1 atom stereocenters. The summed E-state index contributed by atoms with van der Waals surface area (Å²) in [5.41, 5.74) is 4.95. The van der Waals surface area contributed by atoms with E-state index in [1.807, 2.05) is 49.1 Å². The first-order valence-corrected chi connectivity index (χ1v) is 11.5. The van der Waals surface area contributed by atoms with Crippen LogP contribution in [0.3, 0.4) is 0 Å². The van der Waals surface area contributed by atoms with E-state index in [-0.39, 0.29) is 11.6 Å². The number of rotatable bonds is 5. The summed E-state index contributed by atoms with van der Waals surface area (Å²) in [7, 11) is 0. The minimum atomic E-state index is -0.492. The van der Waals surface area contributed by atoms with Crippen LogP contribution in [0.15, 0.2) is 83.0 Å². The van der Waals surface area contributed by atoms with E-state index in [0.29, 0.717) is 34.5 Å². The second-order valence-electron chi connectivity index (χ2n) is 8.44. The molecule has 0 bridgehead atoms. The fourth-order valence-electron chi connectivity index (χ4n) is 4.19. The molecule has 0 aliphatic carbocycles. The van der Waals surface area contributed by atoms with Crippen molar-refractivity contribution in [1.29, 1.82) is 0 Å². The molecule has 4 aromatic rings. The zero-order valence-electron chi connectivity index (χ0n) is 19.1. The highest BCUT2D eigenvalue weighted by atomic mass is 32.1. The van der Waals surface area contributed by atoms with Gasteiger partial charge >= 0.3 is 0 Å². The third kappa shape index (κ3) is 4.70. The molecular formula is C27H22F2N4OS. The van der Waals surface area contributed by atoms with Crippen molar-refractivity contribution in [3.63, 3.8) is 0 Å². The van der Waals surface area contributed by atoms with Crippen LogP contribution in [-0.2, 0) is 6.54 Å². The fraction of sp³-hybridized carbons (Fsp3) is 0.148. The molecule has 0 saturated carbocycles. The Bertz CT molecular complexity index is 1430. The number of thiocarbonyl (C=S) groups is 1. The molecule has 1 aromatic heterocycles. The lowest BCUT2D eigenvalue weighted by Crippen LogP contribution is -2.45. The number of benzene rings is 3. The van der Waals surface area contributed by atoms with Crippen LogP contribution in [0.2, 0.25) is 0 Å². The summed E-state index contributed by atoms with van der Waals surface area (Å²) < 4.78 is 33.3. The Kier molecular flexibility index (Phi) is 6.13. The van der Waals surface area contributed by atoms with E-state index in [1.54, 1.807) is 18.2 Å². The average Bonchev–Trinajstić information content (AvgIpc) is 3.32. The van der Waals surface area contributed by atoms with E-state index in [4.69, 9.17) is 16.7 Å². The molecule has 176 valence electrons. The molecule has 2 heterocycles. The van der Waals surface area contributed by atoms with E-state index in [1.165, 1.54) is 24.3 Å². The maximum atomic E-state index is 14.1. The first-order valence-electron chi connectivity index (χ1n) is 11.1. The van der Waals surface area contributed by atoms with E-state index < -0.39 is 6.04 Å². The normalized spacial score (nSPS) is 15.9. The maximum Gasteiger partial charge on any atom is 0.258 e. The summed E-state index contributed by atoms with van der Waals surface area (Å²) in [6, 6.07) is 19.9. The van der Waals surface area contributed by atoms with Crippen LogP contribution in [0.25, 0.3) is 17.0 Å². The Hall–Kier alpha value is -3.91. The number of nitrogens with zero attached hydrogens (tertiary/aromatic N) is 3. The number of hydrogen-bond acceptors (Lipinski definition) is 4. The predicted octanol–water partition coefficient (Wildman–Crippen LogP) is 6.19. The van der Waals surface area contributed by atoms with Crippen LogP contribution in [0, 0.1) is 18.6 Å². The second kappa shape index (κ2) is 9.38. The molecule has 3 aromatic carbocycles. The van der Waals surface area contributed by atoms with Crippen LogP contribution in [0.5, 0.6) is 0 Å². The zero-order chi connectivity index (χ0) is 24.5. The van der Waals surface area contributed by atoms with Gasteiger partial charge in [0.1, 0.15) is 11.6 Å². The Morgan fingerprint density at radius 2 is 1.74 bits per heavy atom. The lowest BCUT2D eigenvalue weighted by molar-refractivity contribution is 0.396. The number of aryl methyl sites for hydroxylation is 1. The Morgan fingerprint density at radius 1 is 0.971 bits per heavy atom. The van der Waals surface area contributed by atoms with E-state index in [9.17, 15) is 8.78 Å². The van der Waals surface area contributed by atoms with Gasteiger partial charge in [0.25, 0.3) is 5.89 Å². The number of hydrogen-bond donors (Lipinski definition) is 1. The smallest absolute Gasteiger partial charge is 0.258 e. The summed E-state index contributed by atoms with van der Waals surface area (Å²) in [5.74, 6) is 0.112. The van der Waals surface area contributed by atoms with Crippen LogP contribution in [0.1, 0.15) is 35.5 Å². The molecule has 5 rings (SSSR count). The summed E-state index contributed by atoms with van der Waals surface area (Å²) in [4.78, 5) is 6.58. The minimum Gasteiger partial charge on any atom is -0.351 e. The summed E-state index contributed by atoms with van der Waals surface area (Å²) >= 11 is 5.68. The van der Waals surface area contributed by atoms with Crippen molar-refractivity contribution in [2.24, 2.45) is 0 Å². The third-order valence-corrected chi connectivity index (χ3v) is 6.30. The van der Waals surface area contributed by atoms with Crippen molar-refractivity contribution >= 4 is 22.9 Å². The largest absolute Gasteiger partial charge is 0.351 e. The van der Waals surface area contributed by atoms with Gasteiger partial charge in [-0.05, 0) is 67.5 Å². The van der Waals surface area contributed by atoms with Crippen molar-refractivity contribution in [3.8, 4) is 11.4 Å². The highest BCUT2D eigenvalue weighted by Gasteiger charge is 2.34. The number of allylic oxidation sites excluding steroid dienone is 1. The maximum absolute atomic E-state index is 14.1. The standard InChI is InChI=1S/C27H22F2N4OS/c1-16-5-3-7-20(13-16)25-31-26(34-32-25)23-17(2)33(15-18-9-11-21(28)12-10-18)27(35)30-24(23)19-6-4-8-22(29)14-19/h3-14,24H,15H2,1-2H3,(H,30,35). The van der Waals surface area contributed by atoms with Crippen molar-refractivity contribution in [3.05, 3.63) is 113 Å². The fourth-order valence-corrected chi connectivity index (χ4v) is 4.51. The number of nitrogens with one attached hydrogen (secondary N) is 1. The molecule has 1 N–H and O–H groups in total. The molecule has 0 saturated heterocycles. The molecule has 35 heavy (non-hydrogen) atoms. The molecule has 1 aliphatic heterocycles. The third-order valence-electron chi connectivity index (χ3n) is 5.96. The van der Waals surface area contributed by atoms with Gasteiger partial charge in [0.2, 0.25) is 5.82 Å². The Balaban J connectivity index is 1.60. The van der Waals surface area contributed by atoms with Crippen molar-refractivity contribution in [2.75, 3.05) is 0 Å². The van der Waals surface area contributed by atoms with Crippen LogP contribution in [0.4, 0.5) is 8.78 Å². The van der Waals surface area contributed by atoms with Gasteiger partial charge in [-0.15, -0.1) is 0 Å². The van der Waals surface area contributed by atoms with Crippen LogP contribution < -0.4 is 5.32 Å². The molecule has 5 nitrogen and oxygen atoms in total. The van der Waals surface area contributed by atoms with Gasteiger partial charge in [0.15, 0.2) is 5.11 Å². The molecular weight excluding hydrogens is 466 g/mol. The summed E-state index contributed by atoms with van der Waals surface area (Å²) in [6.45, 7) is 4.32. The highest BCUT2D eigenvalue weighted by Crippen LogP contribution is 2.38. The predicted molar refractivity (Wildman–Crippen MR) is 134 cm³/mol. The Morgan fingerprint density at radius 3 is 2.49 bits per heavy atom. The van der Waals surface area contributed by atoms with E-state index in [0.717, 1.165) is 22.4 Å². The van der Waals surface area contributed by atoms with Crippen LogP contribution >= 0.6 is 12.2 Å². The van der Waals surface area contributed by atoms with Crippen molar-refractivity contribution in [1.82, 2.24) is 20.4 Å². The summed E-state index contributed by atoms with van der Waals surface area (Å²) in [5, 5.41) is 7.98. The first kappa shape index (κ1) is 22.9. The topological polar surface area (TPSA) is 54.2 Å². The monoisotopic (exact) mass is 488 g/mol. The SMILES string of the molecule is CC1=C(c2nc(-c3cccc(C)c3)no2)C(c2cccc(F)c2)NC(=S)N1Cc1ccc(F)cc1. The summed E-state index contributed by atoms with van der Waals surface area (Å²) in [6.07, 6.45) is 0. The zero-order valence-corrected chi connectivity index (χ0v) is 19.9. The molecule has 0 radical (unpaired) electrons. The Labute approximate surface area is 207 Å². The lowest BCUT2D eigenvalue weighted by Gasteiger charge is -2.37. The number of aromatic nitrogens is 2. The van der Waals surface area contributed by atoms with Gasteiger partial charge in [0, 0.05) is 17.8 Å². The molecule has 0 spiro atoms. The minimum absolute atomic E-state index is 0.304. The first-order chi connectivity index (χ1) is 16.9. The van der Waals surface area contributed by atoms with Crippen molar-refractivity contribution in [2.45, 2.75) is 26.4 Å². The highest BCUT2D eigenvalue weighted by molar-refractivity contribution is 7.80. The van der Waals surface area contributed by atoms with Gasteiger partial charge in [-0.25, -0.2) is 8.78 Å². The van der Waals surface area contributed by atoms with Gasteiger partial charge in [-0.3, -0.25) is 0 Å². The van der Waals surface area contributed by atoms with Gasteiger partial charge in [0.05, 0.1) is 11.6 Å². The molecule has 8 heteroatoms. The molecule has 1 unspecified atom stereocenters. The quantitative estimate of drug-likeness (QED) is 0.338. The molecule has 0 fully saturated rings. The van der Waals surface area contributed by atoms with Crippen LogP contribution in [-0.4, -0.2) is 20.2 Å². The van der Waals surface area contributed by atoms with Gasteiger partial charge in [-0.2, -0.15) is 4.98 Å². The molecule has 0 amide bonds. The lowest BCUT2D eigenvalue weighted by atomic mass is 9.94. The van der Waals surface area contributed by atoms with E-state index in [2.05, 4.69) is 15.5 Å².